The third-order valence-corrected chi connectivity index (χ3v) is 7.46. The lowest BCUT2D eigenvalue weighted by Gasteiger charge is -2.61. The number of hydrogen-bond acceptors (Lipinski definition) is 5. The van der Waals surface area contributed by atoms with Gasteiger partial charge in [0.1, 0.15) is 0 Å². The normalized spacial score (nSPS) is 39.2. The van der Waals surface area contributed by atoms with Crippen molar-refractivity contribution in [3.05, 3.63) is 5.82 Å². The van der Waals surface area contributed by atoms with Gasteiger partial charge in [-0.15, -0.1) is 10.2 Å². The maximum Gasteiger partial charge on any atom is 0.314 e. The standard InChI is InChI=1S/C19H29N7O2/c1-12-22-24-26(23-12)19-8-13-5-14(9-19)7-18(6-13,11-19)21-16(27)15-3-2-4-25(10-15)17(20)28/h13-15H,2-11H2,1H3,(H2,20,28)(H,21,27). The SMILES string of the molecule is Cc1nnn(C23CC4CC(CC(NC(=O)C5CCCN(C(N)=O)C5)(C4)C2)C3)n1. The van der Waals surface area contributed by atoms with E-state index < -0.39 is 6.03 Å². The van der Waals surface area contributed by atoms with Crippen LogP contribution in [0.4, 0.5) is 4.79 Å². The number of hydrogen-bond donors (Lipinski definition) is 2. The van der Waals surface area contributed by atoms with Crippen molar-refractivity contribution >= 4 is 11.9 Å². The molecule has 5 aliphatic rings. The molecule has 1 aliphatic heterocycles. The van der Waals surface area contributed by atoms with Crippen molar-refractivity contribution in [2.24, 2.45) is 23.5 Å². The van der Waals surface area contributed by atoms with Gasteiger partial charge in [-0.05, 0) is 75.3 Å². The van der Waals surface area contributed by atoms with Gasteiger partial charge in [0.05, 0.1) is 11.5 Å². The van der Waals surface area contributed by atoms with Gasteiger partial charge in [0.15, 0.2) is 5.82 Å². The summed E-state index contributed by atoms with van der Waals surface area (Å²) in [7, 11) is 0. The molecule has 1 aromatic rings. The van der Waals surface area contributed by atoms with Crippen LogP contribution < -0.4 is 11.1 Å². The first-order valence-corrected chi connectivity index (χ1v) is 10.5. The monoisotopic (exact) mass is 387 g/mol. The van der Waals surface area contributed by atoms with Gasteiger partial charge < -0.3 is 16.0 Å². The van der Waals surface area contributed by atoms with E-state index in [0.29, 0.717) is 30.7 Å². The van der Waals surface area contributed by atoms with Gasteiger partial charge in [0.2, 0.25) is 5.91 Å². The molecule has 152 valence electrons. The number of primary amides is 1. The Balaban J connectivity index is 1.36. The van der Waals surface area contributed by atoms with Crippen LogP contribution in [0.25, 0.3) is 0 Å². The lowest BCUT2D eigenvalue weighted by atomic mass is 9.50. The molecule has 0 aromatic carbocycles. The fraction of sp³-hybridized carbons (Fsp3) is 0.842. The summed E-state index contributed by atoms with van der Waals surface area (Å²) in [5, 5.41) is 16.4. The van der Waals surface area contributed by atoms with E-state index in [1.54, 1.807) is 4.90 Å². The minimum Gasteiger partial charge on any atom is -0.351 e. The number of urea groups is 1. The third-order valence-electron chi connectivity index (χ3n) is 7.46. The number of piperidine rings is 1. The summed E-state index contributed by atoms with van der Waals surface area (Å²) in [6, 6.07) is -0.432. The van der Waals surface area contributed by atoms with Gasteiger partial charge in [-0.1, -0.05) is 0 Å². The second kappa shape index (κ2) is 6.15. The number of likely N-dealkylation sites (tertiary alicyclic amines) is 1. The first-order valence-electron chi connectivity index (χ1n) is 10.5. The first kappa shape index (κ1) is 17.9. The number of rotatable bonds is 3. The summed E-state index contributed by atoms with van der Waals surface area (Å²) in [6.07, 6.45) is 7.99. The number of nitrogens with zero attached hydrogens (tertiary/aromatic N) is 5. The maximum atomic E-state index is 13.2. The highest BCUT2D eigenvalue weighted by molar-refractivity contribution is 5.81. The van der Waals surface area contributed by atoms with Crippen molar-refractivity contribution in [3.63, 3.8) is 0 Å². The molecule has 0 spiro atoms. The van der Waals surface area contributed by atoms with Gasteiger partial charge in [0.25, 0.3) is 0 Å². The van der Waals surface area contributed by atoms with E-state index in [0.717, 1.165) is 44.9 Å². The van der Waals surface area contributed by atoms with Crippen LogP contribution >= 0.6 is 0 Å². The number of nitrogens with one attached hydrogen (secondary N) is 1. The average molecular weight is 387 g/mol. The van der Waals surface area contributed by atoms with Crippen LogP contribution in [-0.4, -0.2) is 55.7 Å². The Morgan fingerprint density at radius 2 is 1.96 bits per heavy atom. The number of carbonyl (C=O) groups excluding carboxylic acids is 2. The van der Waals surface area contributed by atoms with Crippen LogP contribution in [-0.2, 0) is 10.3 Å². The van der Waals surface area contributed by atoms with E-state index in [1.807, 2.05) is 11.7 Å². The van der Waals surface area contributed by atoms with E-state index in [9.17, 15) is 9.59 Å². The van der Waals surface area contributed by atoms with Crippen molar-refractivity contribution < 1.29 is 9.59 Å². The second-order valence-corrected chi connectivity index (χ2v) is 9.70. The smallest absolute Gasteiger partial charge is 0.314 e. The van der Waals surface area contributed by atoms with Crippen molar-refractivity contribution in [2.75, 3.05) is 13.1 Å². The molecule has 9 nitrogen and oxygen atoms in total. The average Bonchev–Trinajstić information content (AvgIpc) is 3.07. The Labute approximate surface area is 164 Å². The Morgan fingerprint density at radius 3 is 2.61 bits per heavy atom. The van der Waals surface area contributed by atoms with E-state index in [-0.39, 0.29) is 22.9 Å². The number of aryl methyl sites for hydroxylation is 1. The quantitative estimate of drug-likeness (QED) is 0.800. The summed E-state index contributed by atoms with van der Waals surface area (Å²) in [6.45, 7) is 2.95. The molecule has 0 radical (unpaired) electrons. The summed E-state index contributed by atoms with van der Waals surface area (Å²) >= 11 is 0. The van der Waals surface area contributed by atoms with Crippen LogP contribution in [0.5, 0.6) is 0 Å². The Morgan fingerprint density at radius 1 is 1.21 bits per heavy atom. The number of tetrazole rings is 1. The topological polar surface area (TPSA) is 119 Å². The molecule has 3 unspecified atom stereocenters. The van der Waals surface area contributed by atoms with Gasteiger partial charge >= 0.3 is 6.03 Å². The van der Waals surface area contributed by atoms with Crippen LogP contribution in [0.3, 0.4) is 0 Å². The molecule has 6 rings (SSSR count). The van der Waals surface area contributed by atoms with Crippen LogP contribution in [0, 0.1) is 24.7 Å². The molecule has 1 aromatic heterocycles. The zero-order valence-corrected chi connectivity index (χ0v) is 16.4. The van der Waals surface area contributed by atoms with E-state index in [2.05, 4.69) is 20.7 Å². The molecule has 4 aliphatic carbocycles. The van der Waals surface area contributed by atoms with Crippen LogP contribution in [0.15, 0.2) is 0 Å². The van der Waals surface area contributed by atoms with Gasteiger partial charge in [-0.2, -0.15) is 4.80 Å². The minimum absolute atomic E-state index is 0.0748. The highest BCUT2D eigenvalue weighted by Crippen LogP contribution is 2.60. The first-order chi connectivity index (χ1) is 13.4. The van der Waals surface area contributed by atoms with Gasteiger partial charge in [0, 0.05) is 18.6 Å². The molecule has 9 heteroatoms. The fourth-order valence-corrected chi connectivity index (χ4v) is 6.83. The molecule has 3 amide bonds. The van der Waals surface area contributed by atoms with Gasteiger partial charge in [-0.3, -0.25) is 4.79 Å². The van der Waals surface area contributed by atoms with Crippen molar-refractivity contribution in [2.45, 2.75) is 69.4 Å². The lowest BCUT2D eigenvalue weighted by Crippen LogP contribution is -2.67. The molecule has 3 atom stereocenters. The third kappa shape index (κ3) is 2.86. The fourth-order valence-electron chi connectivity index (χ4n) is 6.83. The Hall–Kier alpha value is -2.19. The van der Waals surface area contributed by atoms with E-state index in [1.165, 1.54) is 6.42 Å². The molecule has 5 fully saturated rings. The minimum atomic E-state index is -0.432. The number of amides is 3. The molecule has 3 N–H and O–H groups in total. The van der Waals surface area contributed by atoms with E-state index >= 15 is 0 Å². The predicted octanol–water partition coefficient (Wildman–Crippen LogP) is 0.936. The molecular formula is C19H29N7O2. The van der Waals surface area contributed by atoms with E-state index in [4.69, 9.17) is 5.73 Å². The zero-order chi connectivity index (χ0) is 19.5. The lowest BCUT2D eigenvalue weighted by molar-refractivity contribution is -0.136. The highest BCUT2D eigenvalue weighted by Gasteiger charge is 2.60. The summed E-state index contributed by atoms with van der Waals surface area (Å²) < 4.78 is 0. The van der Waals surface area contributed by atoms with Crippen LogP contribution in [0.2, 0.25) is 0 Å². The summed E-state index contributed by atoms with van der Waals surface area (Å²) in [5.41, 5.74) is 5.13. The molecule has 4 saturated carbocycles. The van der Waals surface area contributed by atoms with Crippen molar-refractivity contribution in [3.8, 4) is 0 Å². The molecule has 1 saturated heterocycles. The molecular weight excluding hydrogens is 358 g/mol. The largest absolute Gasteiger partial charge is 0.351 e. The van der Waals surface area contributed by atoms with Gasteiger partial charge in [-0.25, -0.2) is 4.79 Å². The molecule has 4 bridgehead atoms. The summed E-state index contributed by atoms with van der Waals surface area (Å²) in [4.78, 5) is 28.1. The Kier molecular flexibility index (Phi) is 3.93. The maximum absolute atomic E-state index is 13.2. The number of nitrogens with two attached hydrogens (primary N) is 1. The Bertz CT molecular complexity index is 792. The zero-order valence-electron chi connectivity index (χ0n) is 16.4. The van der Waals surface area contributed by atoms with Crippen molar-refractivity contribution in [1.29, 1.82) is 0 Å². The molecule has 28 heavy (non-hydrogen) atoms. The summed E-state index contributed by atoms with van der Waals surface area (Å²) in [5.74, 6) is 1.80. The number of aromatic nitrogens is 4. The number of carbonyl (C=O) groups is 2. The van der Waals surface area contributed by atoms with Crippen LogP contribution in [0.1, 0.15) is 57.2 Å². The second-order valence-electron chi connectivity index (χ2n) is 9.70. The van der Waals surface area contributed by atoms with Crippen molar-refractivity contribution in [1.82, 2.24) is 30.4 Å². The predicted molar refractivity (Wildman–Crippen MR) is 100.0 cm³/mol. The highest BCUT2D eigenvalue weighted by atomic mass is 16.2. The molecule has 2 heterocycles.